The zero-order chi connectivity index (χ0) is 105. The summed E-state index contributed by atoms with van der Waals surface area (Å²) >= 11 is 0. The van der Waals surface area contributed by atoms with Crippen molar-refractivity contribution in [1.29, 1.82) is 0 Å². The quantitative estimate of drug-likeness (QED) is 0.0251. The molecule has 4 aliphatic heterocycles. The third-order valence-electron chi connectivity index (χ3n) is 22.1. The molecule has 11 amide bonds. The monoisotopic (exact) mass is 2070 g/mol. The lowest BCUT2D eigenvalue weighted by Crippen LogP contribution is -2.64. The van der Waals surface area contributed by atoms with Crippen LogP contribution >= 0.6 is 0 Å². The van der Waals surface area contributed by atoms with Gasteiger partial charge in [-0.05, 0) is 26.7 Å². The van der Waals surface area contributed by atoms with E-state index >= 15 is 0 Å². The molecule has 0 aromatic heterocycles. The fourth-order valence-electron chi connectivity index (χ4n) is 14.6. The van der Waals surface area contributed by atoms with Crippen LogP contribution in [0.5, 0.6) is 0 Å². The maximum Gasteiger partial charge on any atom is 0.246 e. The predicted octanol–water partition coefficient (Wildman–Crippen LogP) is -13.5. The molecule has 1 saturated carbocycles. The van der Waals surface area contributed by atoms with Gasteiger partial charge in [0.05, 0.1) is 197 Å². The molecule has 0 bridgehead atoms. The van der Waals surface area contributed by atoms with Gasteiger partial charge in [0.2, 0.25) is 65.0 Å². The summed E-state index contributed by atoms with van der Waals surface area (Å²) in [5.41, 5.74) is 0. The Morgan fingerprint density at radius 2 is 0.552 bits per heavy atom. The predicted molar refractivity (Wildman–Crippen MR) is 484 cm³/mol. The Balaban J connectivity index is 1.28. The standard InChI is InChI=1S/C87H153N11O45/c1-53(2)134-35-29-128-27-25-127-26-28-129-30-36-135-59-41-58(42-59)60(107)7-8-69(112)98(43-70(113)96(13-21-130-49-65(108)88-9-17-123-31-37-136-84-72(92-54(3)103)80(119)76(115)61(45-99)140-84)14-22-131-50-66(109)89-10-18-124-32-38-137-85-73(93-55(4)104)81(120)77(116)62(46-100)141-85)44-71(114)97(15-23-132-51-67(110)90-11-19-125-33-39-138-86-74(94-56(5)105)82(121)78(117)63(47-101)142-86)16-24-133-52-68(111)91-12-20-126-34-40-139-87-75(95-57(6)106)83(122)79(118)64(48-102)143-87/h53,58-59,61-64,72-87,99-102,115-122H,7-52H2,1-6H3,(H,88,108)(H,89,109)(H,90,110)(H,91,111)(H,92,103)(H,93,104)(H,94,105)(H,95,106). The molecule has 826 valence electrons. The molecule has 0 aromatic carbocycles. The molecule has 0 aromatic rings. The Morgan fingerprint density at radius 1 is 0.301 bits per heavy atom. The molecular formula is C87H153N11O45. The van der Waals surface area contributed by atoms with Gasteiger partial charge in [-0.2, -0.15) is 0 Å². The van der Waals surface area contributed by atoms with Gasteiger partial charge in [0.25, 0.3) is 0 Å². The maximum atomic E-state index is 14.9. The SMILES string of the molecule is CC(=O)NC1C(OCCOCCNC(=O)COCCN(CCOCC(=O)NCCOCCOC2OC(CO)C(O)C(O)C2NC(C)=O)C(=O)CN(CC(=O)N(CCOCC(=O)NCCOCCOC2OC(CO)C(O)C(O)C2NC(C)=O)CCOCC(=O)NCCOCCOC2OC(CO)C(O)C(O)C2NC(C)=O)C(=O)CCC(=O)C2CC(OCCOCCOCCOCCOC(C)C)C2)OC(CO)C(O)C1O. The Labute approximate surface area is 828 Å². The summed E-state index contributed by atoms with van der Waals surface area (Å²) in [6.45, 7) is 0.577. The number of rotatable bonds is 78. The number of aliphatic hydroxyl groups is 12. The average molecular weight is 2070 g/mol. The second-order valence-electron chi connectivity index (χ2n) is 33.7. The van der Waals surface area contributed by atoms with Crippen LogP contribution in [0, 0.1) is 5.92 Å². The second kappa shape index (κ2) is 72.8. The lowest BCUT2D eigenvalue weighted by Gasteiger charge is -2.42. The van der Waals surface area contributed by atoms with E-state index in [1.54, 1.807) is 0 Å². The summed E-state index contributed by atoms with van der Waals surface area (Å²) in [4.78, 5) is 162. The summed E-state index contributed by atoms with van der Waals surface area (Å²) in [7, 11) is 0. The number of hydrogen-bond donors (Lipinski definition) is 20. The Morgan fingerprint density at radius 3 is 0.811 bits per heavy atom. The van der Waals surface area contributed by atoms with Crippen LogP contribution in [0.4, 0.5) is 0 Å². The van der Waals surface area contributed by atoms with E-state index < -0.39 is 266 Å². The van der Waals surface area contributed by atoms with Crippen LogP contribution in [-0.4, -0.2) is 558 Å². The van der Waals surface area contributed by atoms with Crippen LogP contribution < -0.4 is 42.5 Å². The van der Waals surface area contributed by atoms with Crippen molar-refractivity contribution in [3.63, 3.8) is 0 Å². The summed E-state index contributed by atoms with van der Waals surface area (Å²) < 4.78 is 118. The van der Waals surface area contributed by atoms with Gasteiger partial charge in [-0.25, -0.2) is 0 Å². The smallest absolute Gasteiger partial charge is 0.246 e. The molecule has 5 aliphatic rings. The molecule has 4 heterocycles. The molecule has 5 fully saturated rings. The van der Waals surface area contributed by atoms with Crippen LogP contribution in [0.25, 0.3) is 0 Å². The van der Waals surface area contributed by atoms with Crippen LogP contribution in [0.15, 0.2) is 0 Å². The first-order valence-electron chi connectivity index (χ1n) is 47.7. The lowest BCUT2D eigenvalue weighted by atomic mass is 9.78. The van der Waals surface area contributed by atoms with Gasteiger partial charge in [-0.1, -0.05) is 0 Å². The van der Waals surface area contributed by atoms with Crippen molar-refractivity contribution >= 4 is 70.8 Å². The molecule has 1 aliphatic carbocycles. The molecular weight excluding hydrogens is 1920 g/mol. The Hall–Kier alpha value is -7.48. The molecule has 20 atom stereocenters. The highest BCUT2D eigenvalue weighted by atomic mass is 16.7. The van der Waals surface area contributed by atoms with Gasteiger partial charge in [0, 0.05) is 98.8 Å². The molecule has 5 rings (SSSR count). The largest absolute Gasteiger partial charge is 0.394 e. The van der Waals surface area contributed by atoms with Crippen molar-refractivity contribution in [1.82, 2.24) is 57.2 Å². The number of carbonyl (C=O) groups is 12. The molecule has 0 spiro atoms. The van der Waals surface area contributed by atoms with Crippen molar-refractivity contribution in [2.45, 2.75) is 202 Å². The highest BCUT2D eigenvalue weighted by molar-refractivity contribution is 5.92. The molecule has 56 nitrogen and oxygen atoms in total. The van der Waals surface area contributed by atoms with E-state index in [4.69, 9.17) is 99.5 Å². The minimum absolute atomic E-state index is 0.0530. The highest BCUT2D eigenvalue weighted by Gasteiger charge is 2.50. The normalized spacial score (nSPS) is 25.8. The first-order valence-corrected chi connectivity index (χ1v) is 47.7. The van der Waals surface area contributed by atoms with E-state index in [-0.39, 0.29) is 196 Å². The fourth-order valence-corrected chi connectivity index (χ4v) is 14.6. The fraction of sp³-hybridized carbons (Fsp3) is 0.862. The number of hydrogen-bond acceptors (Lipinski definition) is 45. The van der Waals surface area contributed by atoms with E-state index in [0.717, 1.165) is 4.90 Å². The van der Waals surface area contributed by atoms with Crippen molar-refractivity contribution in [3.05, 3.63) is 0 Å². The van der Waals surface area contributed by atoms with Gasteiger partial charge < -0.3 is 218 Å². The van der Waals surface area contributed by atoms with Gasteiger partial charge in [0.1, 0.15) is 143 Å². The highest BCUT2D eigenvalue weighted by Crippen LogP contribution is 2.33. The van der Waals surface area contributed by atoms with Crippen LogP contribution in [-0.2, 0) is 157 Å². The van der Waals surface area contributed by atoms with Crippen molar-refractivity contribution in [3.8, 4) is 0 Å². The first kappa shape index (κ1) is 126. The van der Waals surface area contributed by atoms with Gasteiger partial charge in [-0.15, -0.1) is 0 Å². The number of amides is 11. The lowest BCUT2D eigenvalue weighted by molar-refractivity contribution is -0.272. The third-order valence-corrected chi connectivity index (χ3v) is 22.1. The summed E-state index contributed by atoms with van der Waals surface area (Å²) in [6.07, 6.45) is -22.8. The average Bonchev–Trinajstić information content (AvgIpc) is 0.816. The van der Waals surface area contributed by atoms with Gasteiger partial charge in [-0.3, -0.25) is 57.5 Å². The number of aliphatic hydroxyl groups excluding tert-OH is 12. The maximum absolute atomic E-state index is 14.9. The molecule has 4 saturated heterocycles. The molecule has 20 unspecified atom stereocenters. The van der Waals surface area contributed by atoms with Crippen molar-refractivity contribution < 1.29 is 218 Å². The van der Waals surface area contributed by atoms with Gasteiger partial charge >= 0.3 is 0 Å². The molecule has 20 N–H and O–H groups in total. The first-order chi connectivity index (χ1) is 68.6. The summed E-state index contributed by atoms with van der Waals surface area (Å²) in [5, 5.41) is 143. The van der Waals surface area contributed by atoms with E-state index in [1.807, 2.05) is 13.8 Å². The summed E-state index contributed by atoms with van der Waals surface area (Å²) in [5.74, 6) is -8.12. The zero-order valence-electron chi connectivity index (χ0n) is 82.0. The van der Waals surface area contributed by atoms with Crippen LogP contribution in [0.2, 0.25) is 0 Å². The molecule has 143 heavy (non-hydrogen) atoms. The number of nitrogens with zero attached hydrogens (tertiary/aromatic N) is 3. The Kier molecular flexibility index (Phi) is 64.1. The number of Topliss-reactive ketones (excluding diaryl/α,β-unsaturated/α-hetero) is 1. The van der Waals surface area contributed by atoms with Crippen molar-refractivity contribution in [2.75, 3.05) is 277 Å². The Bertz CT molecular complexity index is 3280. The van der Waals surface area contributed by atoms with Crippen LogP contribution in [0.1, 0.15) is 67.2 Å². The second-order valence-corrected chi connectivity index (χ2v) is 33.7. The molecule has 56 heteroatoms. The van der Waals surface area contributed by atoms with E-state index in [1.165, 1.54) is 37.5 Å². The molecule has 0 radical (unpaired) electrons. The topological polar surface area (TPSA) is 747 Å². The van der Waals surface area contributed by atoms with Crippen molar-refractivity contribution in [2.24, 2.45) is 5.92 Å². The number of ether oxygens (including phenoxy) is 21. The number of carbonyl (C=O) groups excluding carboxylic acids is 12. The minimum Gasteiger partial charge on any atom is -0.394 e. The summed E-state index contributed by atoms with van der Waals surface area (Å²) in [6, 6.07) is -4.80. The van der Waals surface area contributed by atoms with E-state index in [9.17, 15) is 119 Å². The van der Waals surface area contributed by atoms with E-state index in [2.05, 4.69) is 42.5 Å². The number of ketones is 1. The van der Waals surface area contributed by atoms with Gasteiger partial charge in [0.15, 0.2) is 25.2 Å². The minimum atomic E-state index is -1.55. The van der Waals surface area contributed by atoms with Crippen LogP contribution in [0.3, 0.4) is 0 Å². The zero-order valence-corrected chi connectivity index (χ0v) is 82.0. The number of nitrogens with one attached hydrogen (secondary N) is 8. The van der Waals surface area contributed by atoms with E-state index in [0.29, 0.717) is 52.5 Å². The third kappa shape index (κ3) is 49.9.